The van der Waals surface area contributed by atoms with Crippen molar-refractivity contribution in [3.05, 3.63) is 18.0 Å². The molecule has 1 unspecified atom stereocenters. The molecule has 2 heterocycles. The highest BCUT2D eigenvalue weighted by Gasteiger charge is 2.41. The van der Waals surface area contributed by atoms with E-state index in [0.717, 1.165) is 5.56 Å². The first-order chi connectivity index (χ1) is 9.36. The molecule has 0 radical (unpaired) electrons. The van der Waals surface area contributed by atoms with E-state index in [1.54, 1.807) is 17.3 Å². The Balaban J connectivity index is 1.94. The van der Waals surface area contributed by atoms with Crippen molar-refractivity contribution in [3.8, 4) is 0 Å². The van der Waals surface area contributed by atoms with Gasteiger partial charge in [0, 0.05) is 31.5 Å². The number of hydrogen-bond acceptors (Lipinski definition) is 4. The second kappa shape index (κ2) is 5.95. The van der Waals surface area contributed by atoms with Gasteiger partial charge in [0.05, 0.1) is 5.92 Å². The largest absolute Gasteiger partial charge is 0.391 e. The first-order valence-corrected chi connectivity index (χ1v) is 6.74. The highest BCUT2D eigenvalue weighted by molar-refractivity contribution is 5.30. The van der Waals surface area contributed by atoms with Crippen LogP contribution in [0.4, 0.5) is 19.1 Å². The molecule has 4 nitrogen and oxygen atoms in total. The number of rotatable bonds is 3. The van der Waals surface area contributed by atoms with E-state index in [0.29, 0.717) is 25.5 Å². The molecule has 1 saturated heterocycles. The van der Waals surface area contributed by atoms with Crippen LogP contribution < -0.4 is 10.6 Å². The van der Waals surface area contributed by atoms with Gasteiger partial charge in [-0.1, -0.05) is 0 Å². The van der Waals surface area contributed by atoms with E-state index in [1.807, 2.05) is 6.92 Å². The van der Waals surface area contributed by atoms with Crippen LogP contribution in [0.5, 0.6) is 0 Å². The lowest BCUT2D eigenvalue weighted by Gasteiger charge is -2.32. The van der Waals surface area contributed by atoms with Crippen molar-refractivity contribution in [2.24, 2.45) is 11.7 Å². The fourth-order valence-electron chi connectivity index (χ4n) is 2.40. The Bertz CT molecular complexity index is 422. The summed E-state index contributed by atoms with van der Waals surface area (Å²) >= 11 is 0. The summed E-state index contributed by atoms with van der Waals surface area (Å²) in [7, 11) is 0. The lowest BCUT2D eigenvalue weighted by molar-refractivity contribution is -0.179. The predicted molar refractivity (Wildman–Crippen MR) is 70.4 cm³/mol. The smallest absolute Gasteiger partial charge is 0.341 e. The second-order valence-corrected chi connectivity index (χ2v) is 5.38. The number of piperidine rings is 1. The average molecular weight is 288 g/mol. The van der Waals surface area contributed by atoms with Gasteiger partial charge in [0.25, 0.3) is 0 Å². The summed E-state index contributed by atoms with van der Waals surface area (Å²) in [6.45, 7) is 2.59. The predicted octanol–water partition coefficient (Wildman–Crippen LogP) is 2.15. The molecule has 0 aliphatic carbocycles. The molecule has 1 aliphatic heterocycles. The van der Waals surface area contributed by atoms with E-state index >= 15 is 0 Å². The summed E-state index contributed by atoms with van der Waals surface area (Å²) in [6, 6.07) is 0.0342. The minimum Gasteiger partial charge on any atom is -0.341 e. The third-order valence-electron chi connectivity index (χ3n) is 3.49. The van der Waals surface area contributed by atoms with E-state index in [9.17, 15) is 13.2 Å². The molecule has 0 saturated carbocycles. The number of nitrogens with two attached hydrogens (primary N) is 1. The van der Waals surface area contributed by atoms with Crippen molar-refractivity contribution in [2.45, 2.75) is 38.4 Å². The Kier molecular flexibility index (Phi) is 4.47. The fourth-order valence-corrected chi connectivity index (χ4v) is 2.40. The summed E-state index contributed by atoms with van der Waals surface area (Å²) in [5.41, 5.74) is 6.63. The van der Waals surface area contributed by atoms with E-state index < -0.39 is 12.1 Å². The first kappa shape index (κ1) is 15.0. The number of hydrogen-bond donors (Lipinski definition) is 1. The number of alkyl halides is 3. The van der Waals surface area contributed by atoms with Gasteiger partial charge in [0.15, 0.2) is 0 Å². The number of aromatic nitrogens is 2. The number of nitrogens with zero attached hydrogens (tertiary/aromatic N) is 3. The van der Waals surface area contributed by atoms with Crippen LogP contribution in [0.15, 0.2) is 12.4 Å². The maximum Gasteiger partial charge on any atom is 0.391 e. The van der Waals surface area contributed by atoms with Crippen molar-refractivity contribution < 1.29 is 13.2 Å². The molecule has 2 N–H and O–H groups in total. The lowest BCUT2D eigenvalue weighted by atomic mass is 9.96. The van der Waals surface area contributed by atoms with E-state index in [2.05, 4.69) is 9.97 Å². The summed E-state index contributed by atoms with van der Waals surface area (Å²) < 4.78 is 37.8. The second-order valence-electron chi connectivity index (χ2n) is 5.38. The molecule has 0 amide bonds. The molecule has 1 fully saturated rings. The Hall–Kier alpha value is -1.37. The topological polar surface area (TPSA) is 55.0 Å². The van der Waals surface area contributed by atoms with Crippen LogP contribution in [0.3, 0.4) is 0 Å². The molecule has 0 spiro atoms. The van der Waals surface area contributed by atoms with Crippen LogP contribution in [-0.4, -0.2) is 35.3 Å². The molecular formula is C13H19F3N4. The summed E-state index contributed by atoms with van der Waals surface area (Å²) in [5.74, 6) is -0.699. The van der Waals surface area contributed by atoms with Crippen LogP contribution in [0.25, 0.3) is 0 Å². The zero-order chi connectivity index (χ0) is 14.8. The Morgan fingerprint density at radius 2 is 1.85 bits per heavy atom. The Morgan fingerprint density at radius 1 is 1.30 bits per heavy atom. The van der Waals surface area contributed by atoms with Crippen molar-refractivity contribution in [3.63, 3.8) is 0 Å². The third-order valence-corrected chi connectivity index (χ3v) is 3.49. The maximum atomic E-state index is 12.6. The van der Waals surface area contributed by atoms with E-state index in [1.165, 1.54) is 0 Å². The molecular weight excluding hydrogens is 269 g/mol. The number of anilines is 1. The van der Waals surface area contributed by atoms with Gasteiger partial charge in [-0.3, -0.25) is 0 Å². The average Bonchev–Trinajstić information content (AvgIpc) is 2.38. The Labute approximate surface area is 116 Å². The molecule has 1 aromatic rings. The fraction of sp³-hybridized carbons (Fsp3) is 0.692. The molecule has 20 heavy (non-hydrogen) atoms. The highest BCUT2D eigenvalue weighted by atomic mass is 19.4. The highest BCUT2D eigenvalue weighted by Crippen LogP contribution is 2.34. The van der Waals surface area contributed by atoms with Gasteiger partial charge in [-0.15, -0.1) is 0 Å². The van der Waals surface area contributed by atoms with Crippen LogP contribution >= 0.6 is 0 Å². The van der Waals surface area contributed by atoms with Crippen molar-refractivity contribution in [1.82, 2.24) is 9.97 Å². The summed E-state index contributed by atoms with van der Waals surface area (Å²) in [4.78, 5) is 10.2. The zero-order valence-corrected chi connectivity index (χ0v) is 11.4. The molecule has 0 bridgehead atoms. The molecule has 7 heteroatoms. The zero-order valence-electron chi connectivity index (χ0n) is 11.4. The molecule has 1 atom stereocenters. The first-order valence-electron chi connectivity index (χ1n) is 6.74. The molecule has 2 rings (SSSR count). The standard InChI is InChI=1S/C13H19F3N4/c1-9(17)6-10-7-18-12(19-8-10)20-4-2-11(3-5-20)13(14,15)16/h7-9,11H,2-6,17H2,1H3. The van der Waals surface area contributed by atoms with E-state index in [4.69, 9.17) is 5.73 Å². The maximum absolute atomic E-state index is 12.6. The van der Waals surface area contributed by atoms with Gasteiger partial charge in [-0.2, -0.15) is 13.2 Å². The van der Waals surface area contributed by atoms with Gasteiger partial charge in [0.2, 0.25) is 5.95 Å². The normalized spacial score (nSPS) is 19.1. The van der Waals surface area contributed by atoms with Crippen LogP contribution in [0.1, 0.15) is 25.3 Å². The summed E-state index contributed by atoms with van der Waals surface area (Å²) in [6.07, 6.45) is 0.205. The van der Waals surface area contributed by atoms with Crippen molar-refractivity contribution >= 4 is 5.95 Å². The number of halogens is 3. The SMILES string of the molecule is CC(N)Cc1cnc(N2CCC(C(F)(F)F)CC2)nc1. The molecule has 0 aromatic carbocycles. The van der Waals surface area contributed by atoms with Gasteiger partial charge in [-0.05, 0) is 31.7 Å². The van der Waals surface area contributed by atoms with Gasteiger partial charge < -0.3 is 10.6 Å². The van der Waals surface area contributed by atoms with Gasteiger partial charge in [-0.25, -0.2) is 9.97 Å². The van der Waals surface area contributed by atoms with E-state index in [-0.39, 0.29) is 18.9 Å². The minimum absolute atomic E-state index is 0.0342. The minimum atomic E-state index is -4.09. The van der Waals surface area contributed by atoms with Gasteiger partial charge in [0.1, 0.15) is 0 Å². The van der Waals surface area contributed by atoms with Crippen molar-refractivity contribution in [1.29, 1.82) is 0 Å². The van der Waals surface area contributed by atoms with Crippen LogP contribution in [0.2, 0.25) is 0 Å². The van der Waals surface area contributed by atoms with Crippen LogP contribution in [0, 0.1) is 5.92 Å². The molecule has 1 aromatic heterocycles. The molecule has 1 aliphatic rings. The van der Waals surface area contributed by atoms with Gasteiger partial charge >= 0.3 is 6.18 Å². The lowest BCUT2D eigenvalue weighted by Crippen LogP contribution is -2.39. The quantitative estimate of drug-likeness (QED) is 0.926. The third kappa shape index (κ3) is 3.82. The summed E-state index contributed by atoms with van der Waals surface area (Å²) in [5, 5.41) is 0. The Morgan fingerprint density at radius 3 is 2.30 bits per heavy atom. The monoisotopic (exact) mass is 288 g/mol. The van der Waals surface area contributed by atoms with Crippen LogP contribution in [-0.2, 0) is 6.42 Å². The van der Waals surface area contributed by atoms with Crippen molar-refractivity contribution in [2.75, 3.05) is 18.0 Å². The molecule has 112 valence electrons.